The molecule has 3 rings (SSSR count). The van der Waals surface area contributed by atoms with Crippen LogP contribution < -0.4 is 15.0 Å². The van der Waals surface area contributed by atoms with E-state index in [1.165, 1.54) is 36.9 Å². The second-order valence-electron chi connectivity index (χ2n) is 6.46. The molecule has 1 fully saturated rings. The van der Waals surface area contributed by atoms with Crippen molar-refractivity contribution in [3.8, 4) is 5.75 Å². The second-order valence-corrected chi connectivity index (χ2v) is 6.46. The molecule has 3 nitrogen and oxygen atoms in total. The van der Waals surface area contributed by atoms with Gasteiger partial charge in [0.05, 0.1) is 6.10 Å². The second kappa shape index (κ2) is 7.40. The maximum atomic E-state index is 6.00. The van der Waals surface area contributed by atoms with Gasteiger partial charge >= 0.3 is 0 Å². The third-order valence-corrected chi connectivity index (χ3v) is 4.41. The van der Waals surface area contributed by atoms with E-state index in [4.69, 9.17) is 4.74 Å². The molecule has 1 N–H and O–H groups in total. The van der Waals surface area contributed by atoms with E-state index in [2.05, 4.69) is 72.8 Å². The molecule has 0 bridgehead atoms. The van der Waals surface area contributed by atoms with E-state index in [9.17, 15) is 0 Å². The van der Waals surface area contributed by atoms with Crippen molar-refractivity contribution >= 4 is 11.4 Å². The van der Waals surface area contributed by atoms with Crippen LogP contribution in [0, 0.1) is 0 Å². The molecule has 23 heavy (non-hydrogen) atoms. The lowest BCUT2D eigenvalue weighted by atomic mass is 10.2. The van der Waals surface area contributed by atoms with Crippen LogP contribution in [0.15, 0.2) is 48.5 Å². The third-order valence-electron chi connectivity index (χ3n) is 4.41. The minimum absolute atomic E-state index is 0.425. The molecule has 0 heterocycles. The van der Waals surface area contributed by atoms with Gasteiger partial charge in [-0.05, 0) is 67.6 Å². The molecule has 0 radical (unpaired) electrons. The minimum Gasteiger partial charge on any atom is -0.490 e. The number of nitrogens with zero attached hydrogens (tertiary/aromatic N) is 1. The fourth-order valence-electron chi connectivity index (χ4n) is 2.97. The lowest BCUT2D eigenvalue weighted by molar-refractivity contribution is 0.210. The number of hydrogen-bond acceptors (Lipinski definition) is 3. The Morgan fingerprint density at radius 2 is 1.61 bits per heavy atom. The average Bonchev–Trinajstić information content (AvgIpc) is 3.07. The van der Waals surface area contributed by atoms with Crippen molar-refractivity contribution < 1.29 is 4.74 Å². The van der Waals surface area contributed by atoms with E-state index >= 15 is 0 Å². The van der Waals surface area contributed by atoms with Gasteiger partial charge in [0.1, 0.15) is 5.75 Å². The average molecular weight is 310 g/mol. The van der Waals surface area contributed by atoms with E-state index in [-0.39, 0.29) is 0 Å². The summed E-state index contributed by atoms with van der Waals surface area (Å²) < 4.78 is 6.00. The van der Waals surface area contributed by atoms with E-state index in [0.717, 1.165) is 18.0 Å². The van der Waals surface area contributed by atoms with Crippen LogP contribution in [0.2, 0.25) is 0 Å². The number of anilines is 2. The number of nitrogens with one attached hydrogen (secondary N) is 1. The van der Waals surface area contributed by atoms with Gasteiger partial charge in [-0.15, -0.1) is 0 Å². The topological polar surface area (TPSA) is 24.5 Å². The van der Waals surface area contributed by atoms with Crippen LogP contribution in [0.3, 0.4) is 0 Å². The molecule has 1 aliphatic rings. The Kier molecular flexibility index (Phi) is 5.06. The predicted molar refractivity (Wildman–Crippen MR) is 97.4 cm³/mol. The van der Waals surface area contributed by atoms with Gasteiger partial charge in [0.25, 0.3) is 0 Å². The SMILES string of the molecule is CN(C)c1ccc(NCc2ccc(OC3CCCC3)cc2)cc1. The zero-order valence-corrected chi connectivity index (χ0v) is 14.1. The summed E-state index contributed by atoms with van der Waals surface area (Å²) >= 11 is 0. The number of rotatable bonds is 6. The van der Waals surface area contributed by atoms with E-state index in [0.29, 0.717) is 6.10 Å². The number of hydrogen-bond donors (Lipinski definition) is 1. The van der Waals surface area contributed by atoms with Gasteiger partial charge in [0.2, 0.25) is 0 Å². The van der Waals surface area contributed by atoms with Gasteiger partial charge < -0.3 is 15.0 Å². The highest BCUT2D eigenvalue weighted by atomic mass is 16.5. The predicted octanol–water partition coefficient (Wildman–Crippen LogP) is 4.69. The van der Waals surface area contributed by atoms with Crippen LogP contribution >= 0.6 is 0 Å². The lowest BCUT2D eigenvalue weighted by Crippen LogP contribution is -2.10. The summed E-state index contributed by atoms with van der Waals surface area (Å²) in [6, 6.07) is 17.0. The molecule has 0 aromatic heterocycles. The summed E-state index contributed by atoms with van der Waals surface area (Å²) in [7, 11) is 4.11. The zero-order chi connectivity index (χ0) is 16.1. The highest BCUT2D eigenvalue weighted by molar-refractivity contribution is 5.54. The molecule has 0 saturated heterocycles. The first-order valence-electron chi connectivity index (χ1n) is 8.47. The molecule has 2 aromatic rings. The molecule has 0 amide bonds. The van der Waals surface area contributed by atoms with E-state index < -0.39 is 0 Å². The lowest BCUT2D eigenvalue weighted by Gasteiger charge is -2.14. The first kappa shape index (κ1) is 15.7. The van der Waals surface area contributed by atoms with Crippen molar-refractivity contribution in [1.82, 2.24) is 0 Å². The minimum atomic E-state index is 0.425. The molecule has 122 valence electrons. The van der Waals surface area contributed by atoms with Crippen LogP contribution in [-0.4, -0.2) is 20.2 Å². The summed E-state index contributed by atoms with van der Waals surface area (Å²) in [6.07, 6.45) is 5.44. The van der Waals surface area contributed by atoms with Gasteiger partial charge in [0, 0.05) is 32.0 Å². The summed E-state index contributed by atoms with van der Waals surface area (Å²) in [5, 5.41) is 3.46. The summed E-state index contributed by atoms with van der Waals surface area (Å²) in [6.45, 7) is 0.824. The molecular formula is C20H26N2O. The van der Waals surface area contributed by atoms with Crippen LogP contribution in [0.5, 0.6) is 5.75 Å². The fourth-order valence-corrected chi connectivity index (χ4v) is 2.97. The first-order valence-corrected chi connectivity index (χ1v) is 8.47. The largest absolute Gasteiger partial charge is 0.490 e. The van der Waals surface area contributed by atoms with Crippen molar-refractivity contribution in [3.63, 3.8) is 0 Å². The van der Waals surface area contributed by atoms with Gasteiger partial charge in [-0.25, -0.2) is 0 Å². The van der Waals surface area contributed by atoms with Gasteiger partial charge in [0.15, 0.2) is 0 Å². The molecule has 0 spiro atoms. The molecule has 0 unspecified atom stereocenters. The van der Waals surface area contributed by atoms with Gasteiger partial charge in [-0.3, -0.25) is 0 Å². The van der Waals surface area contributed by atoms with Crippen molar-refractivity contribution in [2.24, 2.45) is 0 Å². The summed E-state index contributed by atoms with van der Waals surface area (Å²) in [5.74, 6) is 0.996. The van der Waals surface area contributed by atoms with Gasteiger partial charge in [-0.1, -0.05) is 12.1 Å². The van der Waals surface area contributed by atoms with Crippen molar-refractivity contribution in [3.05, 3.63) is 54.1 Å². The molecule has 1 saturated carbocycles. The van der Waals surface area contributed by atoms with Crippen LogP contribution in [0.25, 0.3) is 0 Å². The van der Waals surface area contributed by atoms with E-state index in [1.807, 2.05) is 0 Å². The Morgan fingerprint density at radius 3 is 2.22 bits per heavy atom. The Morgan fingerprint density at radius 1 is 0.957 bits per heavy atom. The van der Waals surface area contributed by atoms with Crippen LogP contribution in [0.4, 0.5) is 11.4 Å². The Labute approximate surface area is 139 Å². The standard InChI is InChI=1S/C20H26N2O/c1-22(2)18-11-9-17(10-12-18)21-15-16-7-13-20(14-8-16)23-19-5-3-4-6-19/h7-14,19,21H,3-6,15H2,1-2H3. The normalized spacial score (nSPS) is 14.7. The molecule has 1 aliphatic carbocycles. The highest BCUT2D eigenvalue weighted by Gasteiger charge is 2.16. The quantitative estimate of drug-likeness (QED) is 0.838. The number of ether oxygens (including phenoxy) is 1. The molecule has 0 atom stereocenters. The van der Waals surface area contributed by atoms with Crippen molar-refractivity contribution in [1.29, 1.82) is 0 Å². The molecule has 0 aliphatic heterocycles. The smallest absolute Gasteiger partial charge is 0.119 e. The molecule has 2 aromatic carbocycles. The van der Waals surface area contributed by atoms with E-state index in [1.54, 1.807) is 0 Å². The van der Waals surface area contributed by atoms with Crippen LogP contribution in [-0.2, 0) is 6.54 Å². The van der Waals surface area contributed by atoms with Crippen molar-refractivity contribution in [2.45, 2.75) is 38.3 Å². The Balaban J connectivity index is 1.51. The maximum absolute atomic E-state index is 6.00. The van der Waals surface area contributed by atoms with Crippen LogP contribution in [0.1, 0.15) is 31.2 Å². The fraction of sp³-hybridized carbons (Fsp3) is 0.400. The first-order chi connectivity index (χ1) is 11.2. The zero-order valence-electron chi connectivity index (χ0n) is 14.1. The maximum Gasteiger partial charge on any atom is 0.119 e. The summed E-state index contributed by atoms with van der Waals surface area (Å²) in [4.78, 5) is 2.10. The Bertz CT molecular complexity index is 599. The van der Waals surface area contributed by atoms with Crippen molar-refractivity contribution in [2.75, 3.05) is 24.3 Å². The Hall–Kier alpha value is -2.16. The van der Waals surface area contributed by atoms with Gasteiger partial charge in [-0.2, -0.15) is 0 Å². The number of benzene rings is 2. The molecule has 3 heteroatoms. The summed E-state index contributed by atoms with van der Waals surface area (Å²) in [5.41, 5.74) is 3.62. The molecular weight excluding hydrogens is 284 g/mol. The highest BCUT2D eigenvalue weighted by Crippen LogP contribution is 2.24. The monoisotopic (exact) mass is 310 g/mol. The third kappa shape index (κ3) is 4.41.